The topological polar surface area (TPSA) is 90.9 Å². The van der Waals surface area contributed by atoms with Crippen LogP contribution in [0.5, 0.6) is 0 Å². The van der Waals surface area contributed by atoms with Crippen LogP contribution in [0.1, 0.15) is 10.4 Å². The number of nitro groups is 1. The minimum absolute atomic E-state index is 0.112. The quantitative estimate of drug-likeness (QED) is 0.474. The Bertz CT molecular complexity index is 611. The van der Waals surface area contributed by atoms with Gasteiger partial charge in [-0.2, -0.15) is 5.10 Å². The van der Waals surface area contributed by atoms with E-state index < -0.39 is 4.92 Å². The van der Waals surface area contributed by atoms with Crippen molar-refractivity contribution in [2.24, 2.45) is 7.05 Å². The maximum atomic E-state index is 10.9. The molecule has 0 fully saturated rings. The number of benzene rings is 1. The van der Waals surface area contributed by atoms with Crippen LogP contribution >= 0.6 is 11.8 Å². The smallest absolute Gasteiger partial charge is 0.270 e. The lowest BCUT2D eigenvalue weighted by Gasteiger charge is -2.03. The molecule has 0 spiro atoms. The van der Waals surface area contributed by atoms with Crippen molar-refractivity contribution >= 4 is 23.7 Å². The normalized spacial score (nSPS) is 10.3. The van der Waals surface area contributed by atoms with Gasteiger partial charge in [-0.3, -0.25) is 14.9 Å². The third kappa shape index (κ3) is 2.38. The molecule has 7 nitrogen and oxygen atoms in total. The molecule has 0 saturated heterocycles. The van der Waals surface area contributed by atoms with Crippen molar-refractivity contribution in [3.63, 3.8) is 0 Å². The molecule has 8 heteroatoms. The zero-order valence-corrected chi connectivity index (χ0v) is 10.1. The van der Waals surface area contributed by atoms with Gasteiger partial charge in [0.25, 0.3) is 5.69 Å². The van der Waals surface area contributed by atoms with Gasteiger partial charge < -0.3 is 0 Å². The molecule has 0 radical (unpaired) electrons. The Morgan fingerprint density at radius 1 is 1.50 bits per heavy atom. The third-order valence-corrected chi connectivity index (χ3v) is 3.35. The van der Waals surface area contributed by atoms with Crippen LogP contribution in [0.25, 0.3) is 0 Å². The number of aryl methyl sites for hydroxylation is 1. The van der Waals surface area contributed by atoms with Gasteiger partial charge in [0.1, 0.15) is 6.33 Å². The minimum Gasteiger partial charge on any atom is -0.298 e. The number of rotatable bonds is 4. The SMILES string of the molecule is Cn1ncnc1Sc1ccc([N+](=O)[O-])cc1C=O. The monoisotopic (exact) mass is 264 g/mol. The van der Waals surface area contributed by atoms with Crippen LogP contribution in [0.4, 0.5) is 5.69 Å². The largest absolute Gasteiger partial charge is 0.298 e. The summed E-state index contributed by atoms with van der Waals surface area (Å²) in [7, 11) is 1.72. The third-order valence-electron chi connectivity index (χ3n) is 2.20. The molecule has 1 aromatic carbocycles. The Labute approximate surface area is 106 Å². The predicted octanol–water partition coefficient (Wildman–Crippen LogP) is 1.69. The molecule has 0 aliphatic rings. The molecular weight excluding hydrogens is 256 g/mol. The van der Waals surface area contributed by atoms with Crippen LogP contribution in [0.15, 0.2) is 34.6 Å². The van der Waals surface area contributed by atoms with Crippen LogP contribution < -0.4 is 0 Å². The molecule has 0 atom stereocenters. The van der Waals surface area contributed by atoms with Crippen LogP contribution in [-0.4, -0.2) is 26.0 Å². The number of non-ortho nitro benzene ring substituents is 1. The average molecular weight is 264 g/mol. The minimum atomic E-state index is -0.538. The predicted molar refractivity (Wildman–Crippen MR) is 63.6 cm³/mol. The van der Waals surface area contributed by atoms with Crippen LogP contribution in [0.2, 0.25) is 0 Å². The van der Waals surface area contributed by atoms with Gasteiger partial charge in [0.2, 0.25) is 0 Å². The number of carbonyl (C=O) groups is 1. The van der Waals surface area contributed by atoms with Crippen molar-refractivity contribution in [3.05, 3.63) is 40.2 Å². The molecule has 2 aromatic rings. The highest BCUT2D eigenvalue weighted by molar-refractivity contribution is 7.99. The summed E-state index contributed by atoms with van der Waals surface area (Å²) in [6.07, 6.45) is 1.99. The highest BCUT2D eigenvalue weighted by Gasteiger charge is 2.13. The van der Waals surface area contributed by atoms with Crippen LogP contribution in [0, 0.1) is 10.1 Å². The zero-order chi connectivity index (χ0) is 13.1. The first kappa shape index (κ1) is 12.2. The van der Waals surface area contributed by atoms with Gasteiger partial charge in [0.15, 0.2) is 11.4 Å². The molecule has 0 unspecified atom stereocenters. The molecule has 92 valence electrons. The number of hydrogen-bond donors (Lipinski definition) is 0. The summed E-state index contributed by atoms with van der Waals surface area (Å²) in [5.74, 6) is 0. The van der Waals surface area contributed by atoms with E-state index in [9.17, 15) is 14.9 Å². The summed E-state index contributed by atoms with van der Waals surface area (Å²) in [6.45, 7) is 0. The van der Waals surface area contributed by atoms with Crippen molar-refractivity contribution in [3.8, 4) is 0 Å². The summed E-state index contributed by atoms with van der Waals surface area (Å²) in [5.41, 5.74) is 0.150. The first-order chi connectivity index (χ1) is 8.61. The van der Waals surface area contributed by atoms with Gasteiger partial charge in [-0.1, -0.05) is 0 Å². The lowest BCUT2D eigenvalue weighted by atomic mass is 10.2. The van der Waals surface area contributed by atoms with Crippen LogP contribution in [-0.2, 0) is 7.05 Å². The fourth-order valence-electron chi connectivity index (χ4n) is 1.31. The lowest BCUT2D eigenvalue weighted by molar-refractivity contribution is -0.384. The van der Waals surface area contributed by atoms with E-state index in [0.717, 1.165) is 0 Å². The summed E-state index contributed by atoms with van der Waals surface area (Å²) in [4.78, 5) is 25.6. The Balaban J connectivity index is 2.36. The Morgan fingerprint density at radius 2 is 2.28 bits per heavy atom. The van der Waals surface area contributed by atoms with E-state index in [4.69, 9.17) is 0 Å². The van der Waals surface area contributed by atoms with E-state index >= 15 is 0 Å². The standard InChI is InChI=1S/C10H8N4O3S/c1-13-10(11-6-12-13)18-9-3-2-8(14(16)17)4-7(9)5-15/h2-6H,1H3. The van der Waals surface area contributed by atoms with Gasteiger partial charge in [-0.25, -0.2) is 9.67 Å². The van der Waals surface area contributed by atoms with Crippen LogP contribution in [0.3, 0.4) is 0 Å². The highest BCUT2D eigenvalue weighted by Crippen LogP contribution is 2.30. The van der Waals surface area contributed by atoms with Gasteiger partial charge in [0.05, 0.1) is 4.92 Å². The summed E-state index contributed by atoms with van der Waals surface area (Å²) < 4.78 is 1.56. The molecule has 2 rings (SSSR count). The fraction of sp³-hybridized carbons (Fsp3) is 0.100. The molecule has 0 aliphatic heterocycles. The van der Waals surface area contributed by atoms with Crippen molar-refractivity contribution in [1.82, 2.24) is 14.8 Å². The summed E-state index contributed by atoms with van der Waals surface area (Å²) in [5, 5.41) is 15.1. The number of aldehydes is 1. The van der Waals surface area contributed by atoms with Crippen molar-refractivity contribution in [2.75, 3.05) is 0 Å². The first-order valence-corrected chi connectivity index (χ1v) is 5.69. The van der Waals surface area contributed by atoms with Crippen molar-refractivity contribution < 1.29 is 9.72 Å². The van der Waals surface area contributed by atoms with Gasteiger partial charge in [0, 0.05) is 29.6 Å². The number of hydrogen-bond acceptors (Lipinski definition) is 6. The van der Waals surface area contributed by atoms with E-state index in [1.54, 1.807) is 11.7 Å². The molecule has 18 heavy (non-hydrogen) atoms. The van der Waals surface area contributed by atoms with Gasteiger partial charge in [-0.05, 0) is 17.8 Å². The van der Waals surface area contributed by atoms with E-state index in [0.29, 0.717) is 16.3 Å². The van der Waals surface area contributed by atoms with Gasteiger partial charge >= 0.3 is 0 Å². The Morgan fingerprint density at radius 3 is 2.83 bits per heavy atom. The average Bonchev–Trinajstić information content (AvgIpc) is 2.75. The zero-order valence-electron chi connectivity index (χ0n) is 9.31. The molecular formula is C10H8N4O3S. The Hall–Kier alpha value is -2.22. The first-order valence-electron chi connectivity index (χ1n) is 4.87. The molecule has 0 N–H and O–H groups in total. The fourth-order valence-corrected chi connectivity index (χ4v) is 2.15. The molecule has 0 saturated carbocycles. The van der Waals surface area contributed by atoms with Gasteiger partial charge in [-0.15, -0.1) is 0 Å². The second-order valence-electron chi connectivity index (χ2n) is 3.37. The molecule has 1 aromatic heterocycles. The molecule has 1 heterocycles. The number of carbonyl (C=O) groups excluding carboxylic acids is 1. The number of nitrogens with zero attached hydrogens (tertiary/aromatic N) is 4. The molecule has 0 amide bonds. The second-order valence-corrected chi connectivity index (χ2v) is 4.37. The van der Waals surface area contributed by atoms with E-state index in [1.165, 1.54) is 36.3 Å². The van der Waals surface area contributed by atoms with E-state index in [2.05, 4.69) is 10.1 Å². The second kappa shape index (κ2) is 4.96. The lowest BCUT2D eigenvalue weighted by Crippen LogP contribution is -1.95. The number of nitro benzene ring substituents is 1. The van der Waals surface area contributed by atoms with E-state index in [1.807, 2.05) is 0 Å². The highest BCUT2D eigenvalue weighted by atomic mass is 32.2. The van der Waals surface area contributed by atoms with Crippen molar-refractivity contribution in [1.29, 1.82) is 0 Å². The maximum Gasteiger partial charge on any atom is 0.270 e. The molecule has 0 aliphatic carbocycles. The van der Waals surface area contributed by atoms with Crippen molar-refractivity contribution in [2.45, 2.75) is 10.1 Å². The Kier molecular flexibility index (Phi) is 3.38. The maximum absolute atomic E-state index is 10.9. The molecule has 0 bridgehead atoms. The van der Waals surface area contributed by atoms with E-state index in [-0.39, 0.29) is 11.3 Å². The number of aromatic nitrogens is 3. The summed E-state index contributed by atoms with van der Waals surface area (Å²) >= 11 is 1.23. The summed E-state index contributed by atoms with van der Waals surface area (Å²) in [6, 6.07) is 4.12.